The van der Waals surface area contributed by atoms with Gasteiger partial charge in [-0.25, -0.2) is 13.7 Å². The number of allylic oxidation sites excluding steroid dienone is 8. The summed E-state index contributed by atoms with van der Waals surface area (Å²) in [6, 6.07) is 7.45. The molecule has 2 heterocycles. The van der Waals surface area contributed by atoms with Crippen LogP contribution in [0, 0.1) is 12.8 Å². The molecule has 2 aliphatic heterocycles. The van der Waals surface area contributed by atoms with Crippen molar-refractivity contribution in [3.05, 3.63) is 118 Å². The first-order valence-electron chi connectivity index (χ1n) is 14.9. The van der Waals surface area contributed by atoms with Gasteiger partial charge in [0, 0.05) is 49.8 Å². The molecule has 44 heavy (non-hydrogen) atoms. The quantitative estimate of drug-likeness (QED) is 0.140. The summed E-state index contributed by atoms with van der Waals surface area (Å²) < 4.78 is 26.2. The Morgan fingerprint density at radius 3 is 2.77 bits per heavy atom. The summed E-state index contributed by atoms with van der Waals surface area (Å²) in [4.78, 5) is 13.5. The van der Waals surface area contributed by atoms with Crippen molar-refractivity contribution in [2.75, 3.05) is 32.8 Å². The highest BCUT2D eigenvalue weighted by Crippen LogP contribution is 2.23. The fourth-order valence-corrected chi connectivity index (χ4v) is 5.85. The maximum absolute atomic E-state index is 15.0. The van der Waals surface area contributed by atoms with Crippen molar-refractivity contribution < 1.29 is 13.9 Å². The van der Waals surface area contributed by atoms with Crippen LogP contribution in [0.1, 0.15) is 31.9 Å². The number of hydrazone groups is 1. The van der Waals surface area contributed by atoms with Crippen LogP contribution in [-0.4, -0.2) is 60.2 Å². The summed E-state index contributed by atoms with van der Waals surface area (Å²) in [5, 5.41) is 9.09. The van der Waals surface area contributed by atoms with Gasteiger partial charge in [-0.3, -0.25) is 4.79 Å². The van der Waals surface area contributed by atoms with Gasteiger partial charge in [-0.2, -0.15) is 5.10 Å². The van der Waals surface area contributed by atoms with E-state index in [9.17, 15) is 4.79 Å². The van der Waals surface area contributed by atoms with Crippen LogP contribution in [0.2, 0.25) is 0 Å². The van der Waals surface area contributed by atoms with Gasteiger partial charge in [0.2, 0.25) is 5.78 Å². The van der Waals surface area contributed by atoms with Gasteiger partial charge in [0.15, 0.2) is 0 Å². The Kier molecular flexibility index (Phi) is 12.2. The topological polar surface area (TPSA) is 95.2 Å². The molecule has 8 nitrogen and oxygen atoms in total. The van der Waals surface area contributed by atoms with Crippen molar-refractivity contribution >= 4 is 24.1 Å². The van der Waals surface area contributed by atoms with Gasteiger partial charge in [-0.05, 0) is 73.6 Å². The number of hydrogen-bond donors (Lipinski definition) is 3. The summed E-state index contributed by atoms with van der Waals surface area (Å²) in [7, 11) is 0. The van der Waals surface area contributed by atoms with E-state index in [1.54, 1.807) is 25.3 Å². The molecule has 3 aliphatic rings. The van der Waals surface area contributed by atoms with Crippen molar-refractivity contribution in [1.29, 1.82) is 0 Å². The first-order chi connectivity index (χ1) is 21.2. The van der Waals surface area contributed by atoms with E-state index in [0.29, 0.717) is 18.7 Å². The van der Waals surface area contributed by atoms with Gasteiger partial charge < -0.3 is 20.5 Å². The lowest BCUT2D eigenvalue weighted by Crippen LogP contribution is -2.33. The average molecular weight is 619 g/mol. The van der Waals surface area contributed by atoms with Gasteiger partial charge >= 0.3 is 0 Å². The molecule has 10 heteroatoms. The Hall–Kier alpha value is -3.86. The molecule has 0 radical (unpaired) electrons. The maximum Gasteiger partial charge on any atom is 0.204 e. The SMILES string of the molecule is C/C=N\N(/C(N)=C/C(=O)/C1=C/C(C)/C=C(C)\C(NSN2CCOCC2)=C/CN1)C1C=CC(Cc2ccccc2C)=CC(F)=C1. The van der Waals surface area contributed by atoms with Crippen LogP contribution < -0.4 is 15.8 Å². The van der Waals surface area contributed by atoms with Gasteiger partial charge in [0.1, 0.15) is 11.6 Å². The fourth-order valence-electron chi connectivity index (χ4n) is 5.04. The number of ether oxygens (including phenoxy) is 1. The number of carbonyl (C=O) groups is 1. The zero-order chi connectivity index (χ0) is 31.5. The molecular weight excluding hydrogens is 575 g/mol. The lowest BCUT2D eigenvalue weighted by Gasteiger charge is -2.26. The minimum absolute atomic E-state index is 0.0166. The minimum atomic E-state index is -0.617. The highest BCUT2D eigenvalue weighted by Gasteiger charge is 2.20. The molecule has 234 valence electrons. The number of carbonyl (C=O) groups excluding carboxylic acids is 1. The lowest BCUT2D eigenvalue weighted by molar-refractivity contribution is -0.111. The molecule has 0 aromatic heterocycles. The molecule has 0 saturated carbocycles. The summed E-state index contributed by atoms with van der Waals surface area (Å²) in [5.74, 6) is -0.587. The normalized spacial score (nSPS) is 25.4. The van der Waals surface area contributed by atoms with E-state index in [-0.39, 0.29) is 17.5 Å². The molecule has 1 aromatic rings. The van der Waals surface area contributed by atoms with Crippen LogP contribution in [0.25, 0.3) is 0 Å². The second kappa shape index (κ2) is 16.3. The summed E-state index contributed by atoms with van der Waals surface area (Å²) >= 11 is 1.57. The summed E-state index contributed by atoms with van der Waals surface area (Å²) in [6.45, 7) is 11.5. The number of aryl methyl sites for hydroxylation is 1. The molecule has 0 spiro atoms. The Morgan fingerprint density at radius 1 is 1.25 bits per heavy atom. The third kappa shape index (κ3) is 9.57. The molecule has 2 unspecified atom stereocenters. The van der Waals surface area contributed by atoms with Crippen LogP contribution in [-0.2, 0) is 16.0 Å². The minimum Gasteiger partial charge on any atom is -0.384 e. The van der Waals surface area contributed by atoms with Crippen LogP contribution in [0.3, 0.4) is 0 Å². The maximum atomic E-state index is 15.0. The average Bonchev–Trinajstić information content (AvgIpc) is 3.14. The molecule has 2 atom stereocenters. The highest BCUT2D eigenvalue weighted by atomic mass is 32.2. The highest BCUT2D eigenvalue weighted by molar-refractivity contribution is 7.95. The molecule has 4 rings (SSSR count). The van der Waals surface area contributed by atoms with Crippen molar-refractivity contribution in [1.82, 2.24) is 19.4 Å². The predicted octanol–water partition coefficient (Wildman–Crippen LogP) is 5.37. The zero-order valence-corrected chi connectivity index (χ0v) is 26.7. The number of nitrogens with zero attached hydrogens (tertiary/aromatic N) is 3. The van der Waals surface area contributed by atoms with E-state index in [1.807, 2.05) is 62.4 Å². The van der Waals surface area contributed by atoms with Crippen molar-refractivity contribution in [2.24, 2.45) is 16.8 Å². The number of halogens is 1. The van der Waals surface area contributed by atoms with E-state index in [2.05, 4.69) is 32.4 Å². The fraction of sp³-hybridized carbons (Fsp3) is 0.353. The van der Waals surface area contributed by atoms with Crippen molar-refractivity contribution in [3.8, 4) is 0 Å². The van der Waals surface area contributed by atoms with Crippen LogP contribution >= 0.6 is 12.1 Å². The lowest BCUT2D eigenvalue weighted by atomic mass is 10.00. The number of rotatable bonds is 10. The van der Waals surface area contributed by atoms with Gasteiger partial charge in [0.25, 0.3) is 0 Å². The third-order valence-corrected chi connectivity index (χ3v) is 8.30. The molecule has 1 saturated heterocycles. The predicted molar refractivity (Wildman–Crippen MR) is 179 cm³/mol. The zero-order valence-electron chi connectivity index (χ0n) is 25.9. The van der Waals surface area contributed by atoms with Crippen LogP contribution in [0.15, 0.2) is 112 Å². The molecule has 0 amide bonds. The number of ketones is 1. The van der Waals surface area contributed by atoms with E-state index >= 15 is 4.39 Å². The molecule has 4 N–H and O–H groups in total. The molecule has 1 aromatic carbocycles. The Morgan fingerprint density at radius 2 is 2.02 bits per heavy atom. The number of nitrogens with one attached hydrogen (secondary N) is 2. The van der Waals surface area contributed by atoms with E-state index in [0.717, 1.165) is 54.3 Å². The van der Waals surface area contributed by atoms with Crippen molar-refractivity contribution in [3.63, 3.8) is 0 Å². The monoisotopic (exact) mass is 618 g/mol. The third-order valence-electron chi connectivity index (χ3n) is 7.37. The largest absolute Gasteiger partial charge is 0.384 e. The smallest absolute Gasteiger partial charge is 0.204 e. The molecule has 0 bridgehead atoms. The Bertz CT molecular complexity index is 1430. The number of nitrogens with two attached hydrogens (primary N) is 1. The summed E-state index contributed by atoms with van der Waals surface area (Å²) in [5.41, 5.74) is 12.1. The molecule has 1 fully saturated rings. The van der Waals surface area contributed by atoms with E-state index in [4.69, 9.17) is 10.5 Å². The van der Waals surface area contributed by atoms with E-state index in [1.165, 1.54) is 23.2 Å². The van der Waals surface area contributed by atoms with Crippen LogP contribution in [0.5, 0.6) is 0 Å². The van der Waals surface area contributed by atoms with Gasteiger partial charge in [0.05, 0.1) is 25.0 Å². The summed E-state index contributed by atoms with van der Waals surface area (Å²) in [6.07, 6.45) is 16.3. The number of hydrogen-bond acceptors (Lipinski definition) is 9. The molecule has 1 aliphatic carbocycles. The van der Waals surface area contributed by atoms with Gasteiger partial charge in [-0.15, -0.1) is 0 Å². The first kappa shape index (κ1) is 33.0. The second-order valence-electron chi connectivity index (χ2n) is 10.9. The van der Waals surface area contributed by atoms with E-state index < -0.39 is 11.9 Å². The molecular formula is C34H43FN6O2S. The van der Waals surface area contributed by atoms with Crippen LogP contribution in [0.4, 0.5) is 4.39 Å². The second-order valence-corrected chi connectivity index (χ2v) is 11.8. The standard InChI is InChI=1S/C34H43FN6O2S/c1-5-38-41(30-11-10-27(21-29(35)22-30)20-28-9-7-6-8-25(28)3)34(36)23-33(42)32-19-24(2)18-26(4)31(12-13-37-32)39-44-40-14-16-43-17-15-40/h5-12,18-19,21-24,30,37,39H,13-17,20,36H2,1-4H3/b26-18-,31-12+,32-19-,34-23+,38-5-. The van der Waals surface area contributed by atoms with Gasteiger partial charge in [-0.1, -0.05) is 55.5 Å². The Labute approximate surface area is 264 Å². The number of benzene rings is 1. The first-order valence-corrected chi connectivity index (χ1v) is 15.7. The van der Waals surface area contributed by atoms with Crippen molar-refractivity contribution in [2.45, 2.75) is 40.2 Å². The Balaban J connectivity index is 1.46. The number of morpholine rings is 1.